The molecule has 0 N–H and O–H groups in total. The van der Waals surface area contributed by atoms with Crippen LogP contribution in [0.25, 0.3) is 98.4 Å². The number of rotatable bonds is 2. The van der Waals surface area contributed by atoms with E-state index in [2.05, 4.69) is 206 Å². The molecule has 2 aliphatic carbocycles. The van der Waals surface area contributed by atoms with E-state index < -0.39 is 5.41 Å². The summed E-state index contributed by atoms with van der Waals surface area (Å²) in [6, 6.07) is 77.7. The van der Waals surface area contributed by atoms with Crippen molar-refractivity contribution in [3.63, 3.8) is 0 Å². The van der Waals surface area contributed by atoms with Gasteiger partial charge in [-0.2, -0.15) is 0 Å². The fourth-order valence-electron chi connectivity index (χ4n) is 11.1. The highest BCUT2D eigenvalue weighted by molar-refractivity contribution is 6.26. The van der Waals surface area contributed by atoms with Crippen molar-refractivity contribution in [3.8, 4) is 44.5 Å². The first-order valence-corrected chi connectivity index (χ1v) is 20.0. The molecule has 13 rings (SSSR count). The van der Waals surface area contributed by atoms with E-state index >= 15 is 0 Å². The summed E-state index contributed by atoms with van der Waals surface area (Å²) in [5, 5.41) is 12.8. The Bertz CT molecular complexity index is 3420. The van der Waals surface area contributed by atoms with Crippen LogP contribution < -0.4 is 0 Å². The molecule has 0 aromatic heterocycles. The standard InChI is InChI=1S/C57H34/c1-3-19-37-35(16-1)18-15-29-42(37)53-44-25-7-9-27-46(44)54(47-28-10-8-26-45(47)53)49-34-52-55(43-24-6-5-21-39(43)49)48-33-32-36-17-2-4-20-38(36)56(48)57(52)50-30-13-11-22-40(50)41-23-12-14-31-51(41)57/h1-34H. The van der Waals surface area contributed by atoms with Gasteiger partial charge >= 0.3 is 0 Å². The third kappa shape index (κ3) is 3.92. The number of benzene rings is 11. The summed E-state index contributed by atoms with van der Waals surface area (Å²) in [5.74, 6) is 0. The Morgan fingerprint density at radius 2 is 0.649 bits per heavy atom. The van der Waals surface area contributed by atoms with Crippen molar-refractivity contribution in [2.24, 2.45) is 0 Å². The summed E-state index contributed by atoms with van der Waals surface area (Å²) in [4.78, 5) is 0. The van der Waals surface area contributed by atoms with Crippen molar-refractivity contribution >= 4 is 53.9 Å². The van der Waals surface area contributed by atoms with Gasteiger partial charge < -0.3 is 0 Å². The van der Waals surface area contributed by atoms with Crippen LogP contribution >= 0.6 is 0 Å². The highest BCUT2D eigenvalue weighted by Crippen LogP contribution is 2.66. The molecule has 0 heterocycles. The van der Waals surface area contributed by atoms with Gasteiger partial charge in [-0.3, -0.25) is 0 Å². The first-order chi connectivity index (χ1) is 28.3. The average molecular weight is 719 g/mol. The van der Waals surface area contributed by atoms with Crippen LogP contribution in [0.5, 0.6) is 0 Å². The third-order valence-electron chi connectivity index (χ3n) is 13.2. The molecule has 0 heteroatoms. The van der Waals surface area contributed by atoms with Crippen molar-refractivity contribution in [2.75, 3.05) is 0 Å². The average Bonchev–Trinajstić information content (AvgIpc) is 3.75. The highest BCUT2D eigenvalue weighted by Gasteiger charge is 2.53. The van der Waals surface area contributed by atoms with E-state index in [9.17, 15) is 0 Å². The molecule has 11 aromatic rings. The summed E-state index contributed by atoms with van der Waals surface area (Å²) < 4.78 is 0. The van der Waals surface area contributed by atoms with E-state index in [0.29, 0.717) is 0 Å². The van der Waals surface area contributed by atoms with Gasteiger partial charge in [0.15, 0.2) is 0 Å². The fourth-order valence-corrected chi connectivity index (χ4v) is 11.1. The van der Waals surface area contributed by atoms with Crippen LogP contribution in [-0.4, -0.2) is 0 Å². The van der Waals surface area contributed by atoms with E-state index in [4.69, 9.17) is 0 Å². The van der Waals surface area contributed by atoms with Crippen LogP contribution in [0, 0.1) is 0 Å². The van der Waals surface area contributed by atoms with Gasteiger partial charge in [-0.15, -0.1) is 0 Å². The first-order valence-electron chi connectivity index (χ1n) is 20.0. The molecule has 0 bridgehead atoms. The van der Waals surface area contributed by atoms with Gasteiger partial charge in [-0.1, -0.05) is 200 Å². The van der Waals surface area contributed by atoms with Gasteiger partial charge in [-0.05, 0) is 127 Å². The van der Waals surface area contributed by atoms with E-state index in [-0.39, 0.29) is 0 Å². The fraction of sp³-hybridized carbons (Fsp3) is 0.0175. The number of hydrogen-bond acceptors (Lipinski definition) is 0. The summed E-state index contributed by atoms with van der Waals surface area (Å²) in [6.45, 7) is 0. The molecular weight excluding hydrogens is 685 g/mol. The molecule has 1 spiro atoms. The van der Waals surface area contributed by atoms with Gasteiger partial charge in [0.25, 0.3) is 0 Å². The zero-order chi connectivity index (χ0) is 37.2. The molecule has 11 aromatic carbocycles. The van der Waals surface area contributed by atoms with Crippen molar-refractivity contribution < 1.29 is 0 Å². The Morgan fingerprint density at radius 1 is 0.228 bits per heavy atom. The van der Waals surface area contributed by atoms with Gasteiger partial charge in [0, 0.05) is 0 Å². The minimum atomic E-state index is -0.494. The summed E-state index contributed by atoms with van der Waals surface area (Å²) in [7, 11) is 0. The normalized spacial score (nSPS) is 13.4. The van der Waals surface area contributed by atoms with Crippen LogP contribution in [0.15, 0.2) is 206 Å². The van der Waals surface area contributed by atoms with Crippen molar-refractivity contribution in [1.82, 2.24) is 0 Å². The molecule has 0 nitrogen and oxygen atoms in total. The van der Waals surface area contributed by atoms with Crippen LogP contribution in [0.4, 0.5) is 0 Å². The second-order valence-electron chi connectivity index (χ2n) is 15.8. The van der Waals surface area contributed by atoms with E-state index in [1.807, 2.05) is 0 Å². The second kappa shape index (κ2) is 11.4. The number of fused-ring (bicyclic) bond motifs is 17. The molecule has 2 aliphatic rings. The molecule has 0 atom stereocenters. The maximum Gasteiger partial charge on any atom is 0.0731 e. The van der Waals surface area contributed by atoms with E-state index in [0.717, 1.165) is 0 Å². The molecular formula is C57H34. The van der Waals surface area contributed by atoms with Crippen molar-refractivity contribution in [2.45, 2.75) is 5.41 Å². The molecule has 0 aliphatic heterocycles. The monoisotopic (exact) mass is 718 g/mol. The van der Waals surface area contributed by atoms with Gasteiger partial charge in [0.1, 0.15) is 0 Å². The SMILES string of the molecule is c1ccc2c(c1)-c1ccccc1C21c2cc(-c3c4ccccc4c(-c4cccc5ccccc45)c4ccccc34)c3ccccc3c2-c2ccc3ccccc3c21. The quantitative estimate of drug-likeness (QED) is 0.156. The molecule has 0 unspecified atom stereocenters. The Morgan fingerprint density at radius 3 is 1.26 bits per heavy atom. The molecule has 0 fully saturated rings. The minimum absolute atomic E-state index is 0.494. The largest absolute Gasteiger partial charge is 0.0731 e. The predicted molar refractivity (Wildman–Crippen MR) is 241 cm³/mol. The van der Waals surface area contributed by atoms with Gasteiger partial charge in [0.05, 0.1) is 5.41 Å². The topological polar surface area (TPSA) is 0 Å². The smallest absolute Gasteiger partial charge is 0.0619 e. The summed E-state index contributed by atoms with van der Waals surface area (Å²) >= 11 is 0. The Labute approximate surface area is 330 Å². The summed E-state index contributed by atoms with van der Waals surface area (Å²) in [5.41, 5.74) is 15.5. The zero-order valence-electron chi connectivity index (χ0n) is 31.1. The van der Waals surface area contributed by atoms with Gasteiger partial charge in [-0.25, -0.2) is 0 Å². The molecule has 262 valence electrons. The zero-order valence-corrected chi connectivity index (χ0v) is 31.1. The Hall–Kier alpha value is -7.28. The summed E-state index contributed by atoms with van der Waals surface area (Å²) in [6.07, 6.45) is 0. The maximum atomic E-state index is 2.61. The third-order valence-corrected chi connectivity index (χ3v) is 13.2. The molecule has 57 heavy (non-hydrogen) atoms. The van der Waals surface area contributed by atoms with E-state index in [1.165, 1.54) is 121 Å². The van der Waals surface area contributed by atoms with Crippen LogP contribution in [0.1, 0.15) is 22.3 Å². The lowest BCUT2D eigenvalue weighted by atomic mass is 9.68. The lowest BCUT2D eigenvalue weighted by Gasteiger charge is -2.32. The first kappa shape index (κ1) is 31.0. The maximum absolute atomic E-state index is 2.61. The van der Waals surface area contributed by atoms with E-state index in [1.54, 1.807) is 0 Å². The van der Waals surface area contributed by atoms with Gasteiger partial charge in [0.2, 0.25) is 0 Å². The second-order valence-corrected chi connectivity index (χ2v) is 15.8. The Kier molecular flexibility index (Phi) is 6.19. The molecule has 0 saturated heterocycles. The molecule has 0 radical (unpaired) electrons. The minimum Gasteiger partial charge on any atom is -0.0619 e. The highest BCUT2D eigenvalue weighted by atomic mass is 14.5. The molecule has 0 amide bonds. The van der Waals surface area contributed by atoms with Crippen molar-refractivity contribution in [3.05, 3.63) is 229 Å². The van der Waals surface area contributed by atoms with Crippen LogP contribution in [0.2, 0.25) is 0 Å². The Balaban J connectivity index is 1.23. The van der Waals surface area contributed by atoms with Crippen molar-refractivity contribution in [1.29, 1.82) is 0 Å². The lowest BCUT2D eigenvalue weighted by Crippen LogP contribution is -2.26. The molecule has 0 saturated carbocycles. The lowest BCUT2D eigenvalue weighted by molar-refractivity contribution is 0.802. The van der Waals surface area contributed by atoms with Crippen LogP contribution in [0.3, 0.4) is 0 Å². The predicted octanol–water partition coefficient (Wildman–Crippen LogP) is 15.1. The van der Waals surface area contributed by atoms with Crippen LogP contribution in [-0.2, 0) is 5.41 Å². The number of hydrogen-bond donors (Lipinski definition) is 0.